The van der Waals surface area contributed by atoms with Crippen molar-refractivity contribution in [1.29, 1.82) is 0 Å². The van der Waals surface area contributed by atoms with Crippen LogP contribution in [-0.2, 0) is 34.1 Å². The molecule has 0 fully saturated rings. The van der Waals surface area contributed by atoms with E-state index in [-0.39, 0.29) is 50.6 Å². The minimum absolute atomic E-state index is 0. The molecule has 0 aromatic carbocycles. The second-order valence-electron chi connectivity index (χ2n) is 0. The van der Waals surface area contributed by atoms with E-state index in [0.29, 0.717) is 0 Å². The Labute approximate surface area is 51.0 Å². The van der Waals surface area contributed by atoms with Crippen LogP contribution in [0.15, 0.2) is 0 Å². The smallest absolute Gasteiger partial charge is 0 e. The van der Waals surface area contributed by atoms with E-state index in [4.69, 9.17) is 0 Å². The van der Waals surface area contributed by atoms with E-state index in [9.17, 15) is 0 Å². The van der Waals surface area contributed by atoms with Gasteiger partial charge >= 0.3 is 0 Å². The van der Waals surface area contributed by atoms with Gasteiger partial charge in [-0.05, 0) is 0 Å². The molecule has 0 aliphatic heterocycles. The maximum atomic E-state index is 0. The molecular formula is H6Cu2O3. The summed E-state index contributed by atoms with van der Waals surface area (Å²) in [6.45, 7) is 0. The van der Waals surface area contributed by atoms with Gasteiger partial charge in [-0.15, -0.1) is 0 Å². The predicted molar refractivity (Wildman–Crippen MR) is 10.8 cm³/mol. The number of hydrogen-bond donors (Lipinski definition) is 0. The van der Waals surface area contributed by atoms with Gasteiger partial charge in [-0.25, -0.2) is 0 Å². The summed E-state index contributed by atoms with van der Waals surface area (Å²) in [5.41, 5.74) is 0. The van der Waals surface area contributed by atoms with Crippen LogP contribution in [0.1, 0.15) is 0 Å². The van der Waals surface area contributed by atoms with Crippen LogP contribution >= 0.6 is 0 Å². The normalized spacial score (nSPS) is 0. The van der Waals surface area contributed by atoms with Crippen molar-refractivity contribution < 1.29 is 50.6 Å². The molecule has 0 unspecified atom stereocenters. The van der Waals surface area contributed by atoms with E-state index in [0.717, 1.165) is 0 Å². The zero-order valence-electron chi connectivity index (χ0n) is 2.10. The third-order valence-corrected chi connectivity index (χ3v) is 0. The summed E-state index contributed by atoms with van der Waals surface area (Å²) < 4.78 is 0. The molecule has 0 saturated carbocycles. The van der Waals surface area contributed by atoms with Crippen molar-refractivity contribution in [3.63, 3.8) is 0 Å². The molecule has 0 bridgehead atoms. The van der Waals surface area contributed by atoms with Crippen molar-refractivity contribution in [1.82, 2.24) is 0 Å². The van der Waals surface area contributed by atoms with Crippen molar-refractivity contribution >= 4 is 0 Å². The summed E-state index contributed by atoms with van der Waals surface area (Å²) in [4.78, 5) is 0. The molecular weight excluding hydrogens is 175 g/mol. The first-order chi connectivity index (χ1) is 0. The topological polar surface area (TPSA) is 94.5 Å². The van der Waals surface area contributed by atoms with Gasteiger partial charge in [0.2, 0.25) is 0 Å². The van der Waals surface area contributed by atoms with E-state index in [2.05, 4.69) is 0 Å². The molecule has 46 valence electrons. The Balaban J connectivity index is 0. The summed E-state index contributed by atoms with van der Waals surface area (Å²) in [5, 5.41) is 0. The Bertz CT molecular complexity index is 4.85. The van der Waals surface area contributed by atoms with Crippen LogP contribution in [0.2, 0.25) is 0 Å². The first-order valence-corrected chi connectivity index (χ1v) is 0. The molecule has 0 heterocycles. The van der Waals surface area contributed by atoms with Gasteiger partial charge in [0.15, 0.2) is 0 Å². The largest absolute Gasteiger partial charge is 0.412 e. The monoisotopic (exact) mass is 180 g/mol. The van der Waals surface area contributed by atoms with E-state index < -0.39 is 0 Å². The Hall–Kier alpha value is 0.919. The summed E-state index contributed by atoms with van der Waals surface area (Å²) in [6.07, 6.45) is 0. The van der Waals surface area contributed by atoms with Crippen molar-refractivity contribution in [3.05, 3.63) is 0 Å². The third kappa shape index (κ3) is 49.6. The second-order valence-corrected chi connectivity index (χ2v) is 0. The van der Waals surface area contributed by atoms with Gasteiger partial charge in [0.05, 0.1) is 0 Å². The van der Waals surface area contributed by atoms with Crippen LogP contribution in [0.4, 0.5) is 0 Å². The maximum Gasteiger partial charge on any atom is 0 e. The van der Waals surface area contributed by atoms with Gasteiger partial charge in [0.25, 0.3) is 0 Å². The number of hydrogen-bond acceptors (Lipinski definition) is 0. The van der Waals surface area contributed by atoms with Crippen LogP contribution in [0.25, 0.3) is 0 Å². The van der Waals surface area contributed by atoms with E-state index in [1.165, 1.54) is 0 Å². The van der Waals surface area contributed by atoms with Crippen molar-refractivity contribution in [2.75, 3.05) is 0 Å². The fourth-order valence-electron chi connectivity index (χ4n) is 0. The molecule has 0 saturated heterocycles. The van der Waals surface area contributed by atoms with Gasteiger partial charge in [0, 0.05) is 34.1 Å². The first-order valence-electron chi connectivity index (χ1n) is 0. The Morgan fingerprint density at radius 2 is 0.400 bits per heavy atom. The van der Waals surface area contributed by atoms with Gasteiger partial charge in [-0.3, -0.25) is 0 Å². The van der Waals surface area contributed by atoms with E-state index >= 15 is 0 Å². The Morgan fingerprint density at radius 1 is 0.400 bits per heavy atom. The fourth-order valence-corrected chi connectivity index (χ4v) is 0. The standard InChI is InChI=1S/2Cu.3H2O/h;;3*1H2. The molecule has 5 heteroatoms. The van der Waals surface area contributed by atoms with Crippen LogP contribution in [0.3, 0.4) is 0 Å². The van der Waals surface area contributed by atoms with Crippen LogP contribution in [0.5, 0.6) is 0 Å². The minimum Gasteiger partial charge on any atom is -0.412 e. The zero-order chi connectivity index (χ0) is 0. The predicted octanol–water partition coefficient (Wildman–Crippen LogP) is -2.48. The quantitative estimate of drug-likeness (QED) is 0.370. The average molecular weight is 181 g/mol. The third-order valence-electron chi connectivity index (χ3n) is 0. The summed E-state index contributed by atoms with van der Waals surface area (Å²) in [5.74, 6) is 0. The van der Waals surface area contributed by atoms with Crippen LogP contribution in [-0.4, -0.2) is 16.4 Å². The molecule has 6 N–H and O–H groups in total. The molecule has 0 aliphatic carbocycles. The summed E-state index contributed by atoms with van der Waals surface area (Å²) >= 11 is 0. The molecule has 0 aromatic heterocycles. The molecule has 3 nitrogen and oxygen atoms in total. The average Bonchev–Trinajstić information content (AvgIpc) is 0. The van der Waals surface area contributed by atoms with E-state index in [1.54, 1.807) is 0 Å². The van der Waals surface area contributed by atoms with Gasteiger partial charge < -0.3 is 16.4 Å². The molecule has 0 rings (SSSR count). The number of rotatable bonds is 0. The van der Waals surface area contributed by atoms with Crippen molar-refractivity contribution in [3.8, 4) is 0 Å². The van der Waals surface area contributed by atoms with Gasteiger partial charge in [-0.2, -0.15) is 0 Å². The Morgan fingerprint density at radius 3 is 0.400 bits per heavy atom. The first kappa shape index (κ1) is 170. The van der Waals surface area contributed by atoms with Crippen LogP contribution < -0.4 is 0 Å². The van der Waals surface area contributed by atoms with E-state index in [1.807, 2.05) is 0 Å². The summed E-state index contributed by atoms with van der Waals surface area (Å²) in [6, 6.07) is 0. The SMILES string of the molecule is O.O.O.[Cu].[Cu]. The zero-order valence-corrected chi connectivity index (χ0v) is 3.99. The van der Waals surface area contributed by atoms with Gasteiger partial charge in [-0.1, -0.05) is 0 Å². The molecule has 2 radical (unpaired) electrons. The van der Waals surface area contributed by atoms with Crippen molar-refractivity contribution in [2.24, 2.45) is 0 Å². The molecule has 0 atom stereocenters. The molecule has 0 amide bonds. The molecule has 5 heavy (non-hydrogen) atoms. The second kappa shape index (κ2) is 89.5. The Kier molecular flexibility index (Phi) is 3030. The van der Waals surface area contributed by atoms with Crippen LogP contribution in [0, 0.1) is 0 Å². The minimum atomic E-state index is 0. The van der Waals surface area contributed by atoms with Crippen molar-refractivity contribution in [2.45, 2.75) is 0 Å². The maximum absolute atomic E-state index is 0. The van der Waals surface area contributed by atoms with Gasteiger partial charge in [0.1, 0.15) is 0 Å². The molecule has 0 aromatic rings. The molecule has 0 spiro atoms. The summed E-state index contributed by atoms with van der Waals surface area (Å²) in [7, 11) is 0. The molecule has 0 aliphatic rings. The fraction of sp³-hybridized carbons (Fsp3) is 0.